The van der Waals surface area contributed by atoms with Crippen LogP contribution in [0.25, 0.3) is 0 Å². The number of amides is 1. The molecule has 0 saturated heterocycles. The van der Waals surface area contributed by atoms with Gasteiger partial charge in [-0.1, -0.05) is 6.07 Å². The van der Waals surface area contributed by atoms with Crippen LogP contribution in [0.3, 0.4) is 0 Å². The van der Waals surface area contributed by atoms with Crippen molar-refractivity contribution in [2.45, 2.75) is 31.4 Å². The summed E-state index contributed by atoms with van der Waals surface area (Å²) in [6.45, 7) is 3.96. The smallest absolute Gasteiger partial charge is 0.251 e. The largest absolute Gasteiger partial charge is 0.350 e. The van der Waals surface area contributed by atoms with E-state index < -0.39 is 0 Å². The molecule has 4 heteroatoms. The van der Waals surface area contributed by atoms with E-state index in [0.29, 0.717) is 0 Å². The zero-order chi connectivity index (χ0) is 13.5. The molecule has 0 fully saturated rings. The van der Waals surface area contributed by atoms with Gasteiger partial charge in [0.1, 0.15) is 0 Å². The molecule has 100 valence electrons. The number of carbonyl (C=O) groups excluding carboxylic acids is 1. The summed E-state index contributed by atoms with van der Waals surface area (Å²) >= 11 is 3.55. The Balaban J connectivity index is 2.98. The molecular formula is C14H21NOS2. The molecule has 0 aliphatic carbocycles. The van der Waals surface area contributed by atoms with E-state index in [2.05, 4.69) is 23.9 Å². The molecule has 1 aromatic carbocycles. The average molecular weight is 283 g/mol. The van der Waals surface area contributed by atoms with Crippen molar-refractivity contribution in [2.24, 2.45) is 0 Å². The second-order valence-corrected chi connectivity index (χ2v) is 6.26. The zero-order valence-corrected chi connectivity index (χ0v) is 13.1. The van der Waals surface area contributed by atoms with E-state index in [-0.39, 0.29) is 11.9 Å². The minimum absolute atomic E-state index is 0.0234. The lowest BCUT2D eigenvalue weighted by atomic mass is 10.1. The van der Waals surface area contributed by atoms with Gasteiger partial charge in [0.15, 0.2) is 0 Å². The summed E-state index contributed by atoms with van der Waals surface area (Å²) in [5.74, 6) is 1.92. The van der Waals surface area contributed by atoms with E-state index >= 15 is 0 Å². The van der Waals surface area contributed by atoms with Gasteiger partial charge in [-0.25, -0.2) is 0 Å². The molecule has 1 rings (SSSR count). The van der Waals surface area contributed by atoms with Crippen molar-refractivity contribution in [3.8, 4) is 0 Å². The van der Waals surface area contributed by atoms with Crippen molar-refractivity contribution < 1.29 is 4.79 Å². The van der Waals surface area contributed by atoms with E-state index in [1.807, 2.05) is 26.0 Å². The van der Waals surface area contributed by atoms with Crippen molar-refractivity contribution >= 4 is 29.4 Å². The maximum atomic E-state index is 12.0. The number of benzene rings is 1. The fourth-order valence-corrected chi connectivity index (χ4v) is 2.74. The maximum Gasteiger partial charge on any atom is 0.251 e. The van der Waals surface area contributed by atoms with Gasteiger partial charge in [0, 0.05) is 23.1 Å². The second-order valence-electron chi connectivity index (χ2n) is 4.53. The van der Waals surface area contributed by atoms with Gasteiger partial charge >= 0.3 is 0 Å². The number of carbonyl (C=O) groups is 1. The van der Waals surface area contributed by atoms with Crippen LogP contribution in [-0.4, -0.2) is 24.5 Å². The highest BCUT2D eigenvalue weighted by atomic mass is 32.2. The van der Waals surface area contributed by atoms with E-state index in [4.69, 9.17) is 0 Å². The highest BCUT2D eigenvalue weighted by molar-refractivity contribution is 7.98. The molecule has 1 aromatic rings. The van der Waals surface area contributed by atoms with Crippen LogP contribution in [-0.2, 0) is 11.5 Å². The van der Waals surface area contributed by atoms with Crippen molar-refractivity contribution in [3.63, 3.8) is 0 Å². The predicted molar refractivity (Wildman–Crippen MR) is 83.5 cm³/mol. The number of thioether (sulfide) groups is 2. The van der Waals surface area contributed by atoms with Crippen LogP contribution in [0.2, 0.25) is 0 Å². The molecule has 0 atom stereocenters. The standard InChI is InChI=1S/C14H21NOS2/c1-10(2)15-14(16)13-6-11(8-17-3)5-12(7-13)9-18-4/h5-7,10H,8-9H2,1-4H3,(H,15,16). The SMILES string of the molecule is CSCc1cc(CSC)cc(C(=O)NC(C)C)c1. The Labute approximate surface area is 118 Å². The Hall–Kier alpha value is -0.610. The van der Waals surface area contributed by atoms with E-state index in [1.165, 1.54) is 11.1 Å². The number of hydrogen-bond donors (Lipinski definition) is 1. The summed E-state index contributed by atoms with van der Waals surface area (Å²) in [4.78, 5) is 12.0. The number of rotatable bonds is 6. The van der Waals surface area contributed by atoms with Gasteiger partial charge < -0.3 is 5.32 Å². The van der Waals surface area contributed by atoms with Crippen LogP contribution >= 0.6 is 23.5 Å². The van der Waals surface area contributed by atoms with Crippen LogP contribution in [0.5, 0.6) is 0 Å². The Bertz CT molecular complexity index is 381. The zero-order valence-electron chi connectivity index (χ0n) is 11.4. The minimum atomic E-state index is 0.0234. The molecule has 0 radical (unpaired) electrons. The third-order valence-corrected chi connectivity index (χ3v) is 3.60. The van der Waals surface area contributed by atoms with E-state index in [0.717, 1.165) is 17.1 Å². The lowest BCUT2D eigenvalue weighted by Crippen LogP contribution is -2.30. The monoisotopic (exact) mass is 283 g/mol. The van der Waals surface area contributed by atoms with E-state index in [9.17, 15) is 4.79 Å². The van der Waals surface area contributed by atoms with Gasteiger partial charge in [-0.15, -0.1) is 0 Å². The highest BCUT2D eigenvalue weighted by Crippen LogP contribution is 2.18. The lowest BCUT2D eigenvalue weighted by molar-refractivity contribution is 0.0943. The normalized spacial score (nSPS) is 10.7. The summed E-state index contributed by atoms with van der Waals surface area (Å²) < 4.78 is 0. The summed E-state index contributed by atoms with van der Waals surface area (Å²) in [6.07, 6.45) is 4.16. The third-order valence-electron chi connectivity index (χ3n) is 2.36. The van der Waals surface area contributed by atoms with Crippen LogP contribution in [0.1, 0.15) is 35.3 Å². The first-order valence-corrected chi connectivity index (χ1v) is 8.77. The molecule has 1 amide bonds. The molecule has 0 aliphatic heterocycles. The molecule has 0 spiro atoms. The Morgan fingerprint density at radius 1 is 1.11 bits per heavy atom. The van der Waals surface area contributed by atoms with Gasteiger partial charge in [-0.05, 0) is 49.6 Å². The topological polar surface area (TPSA) is 29.1 Å². The van der Waals surface area contributed by atoms with Gasteiger partial charge in [0.25, 0.3) is 5.91 Å². The third kappa shape index (κ3) is 4.94. The van der Waals surface area contributed by atoms with Gasteiger partial charge in [0.2, 0.25) is 0 Å². The van der Waals surface area contributed by atoms with E-state index in [1.54, 1.807) is 23.5 Å². The van der Waals surface area contributed by atoms with Crippen molar-refractivity contribution in [1.82, 2.24) is 5.32 Å². The summed E-state index contributed by atoms with van der Waals surface area (Å²) in [5.41, 5.74) is 3.23. The van der Waals surface area contributed by atoms with Crippen molar-refractivity contribution in [3.05, 3.63) is 34.9 Å². The average Bonchev–Trinajstić information content (AvgIpc) is 2.28. The summed E-state index contributed by atoms with van der Waals surface area (Å²) in [5, 5.41) is 2.95. The fraction of sp³-hybridized carbons (Fsp3) is 0.500. The van der Waals surface area contributed by atoms with Gasteiger partial charge in [-0.3, -0.25) is 4.79 Å². The first kappa shape index (κ1) is 15.4. The molecule has 0 unspecified atom stereocenters. The van der Waals surface area contributed by atoms with Crippen LogP contribution in [0.4, 0.5) is 0 Å². The summed E-state index contributed by atoms with van der Waals surface area (Å²) in [7, 11) is 0. The summed E-state index contributed by atoms with van der Waals surface area (Å²) in [6, 6.07) is 6.36. The highest BCUT2D eigenvalue weighted by Gasteiger charge is 2.09. The fourth-order valence-electron chi connectivity index (χ4n) is 1.74. The Kier molecular flexibility index (Phi) is 6.65. The second kappa shape index (κ2) is 7.74. The molecule has 2 nitrogen and oxygen atoms in total. The van der Waals surface area contributed by atoms with Gasteiger partial charge in [-0.2, -0.15) is 23.5 Å². The van der Waals surface area contributed by atoms with Gasteiger partial charge in [0.05, 0.1) is 0 Å². The maximum absolute atomic E-state index is 12.0. The van der Waals surface area contributed by atoms with Crippen LogP contribution < -0.4 is 5.32 Å². The predicted octanol–water partition coefficient (Wildman–Crippen LogP) is 3.55. The molecule has 1 N–H and O–H groups in total. The first-order chi connectivity index (χ1) is 8.56. The van der Waals surface area contributed by atoms with Crippen LogP contribution in [0, 0.1) is 0 Å². The number of hydrogen-bond acceptors (Lipinski definition) is 3. The lowest BCUT2D eigenvalue weighted by Gasteiger charge is -2.11. The molecule has 18 heavy (non-hydrogen) atoms. The minimum Gasteiger partial charge on any atom is -0.350 e. The molecule has 0 saturated carbocycles. The Morgan fingerprint density at radius 3 is 2.00 bits per heavy atom. The first-order valence-electron chi connectivity index (χ1n) is 5.98. The molecular weight excluding hydrogens is 262 g/mol. The Morgan fingerprint density at radius 2 is 1.61 bits per heavy atom. The molecule has 0 aliphatic rings. The quantitative estimate of drug-likeness (QED) is 0.865. The van der Waals surface area contributed by atoms with Crippen LogP contribution in [0.15, 0.2) is 18.2 Å². The molecule has 0 aromatic heterocycles. The van der Waals surface area contributed by atoms with Crippen molar-refractivity contribution in [1.29, 1.82) is 0 Å². The number of nitrogens with one attached hydrogen (secondary N) is 1. The molecule has 0 heterocycles. The molecule has 0 bridgehead atoms. The van der Waals surface area contributed by atoms with Crippen molar-refractivity contribution in [2.75, 3.05) is 12.5 Å².